The fraction of sp³-hybridized carbons (Fsp3) is 0.267. The highest BCUT2D eigenvalue weighted by atomic mass is 32.1. The second-order valence-electron chi connectivity index (χ2n) is 4.61. The van der Waals surface area contributed by atoms with Crippen LogP contribution in [-0.2, 0) is 0 Å². The van der Waals surface area contributed by atoms with Crippen LogP contribution in [-0.4, -0.2) is 24.8 Å². The molecule has 0 aliphatic heterocycles. The van der Waals surface area contributed by atoms with Crippen molar-refractivity contribution in [2.24, 2.45) is 0 Å². The van der Waals surface area contributed by atoms with Crippen LogP contribution in [0.4, 0.5) is 10.5 Å². The summed E-state index contributed by atoms with van der Waals surface area (Å²) in [7, 11) is 1.55. The molecule has 0 fully saturated rings. The number of urea groups is 1. The van der Waals surface area contributed by atoms with Crippen LogP contribution in [0.15, 0.2) is 35.0 Å². The number of methoxy groups -OCH3 is 1. The maximum atomic E-state index is 11.9. The second-order valence-corrected chi connectivity index (χ2v) is 5.39. The lowest BCUT2D eigenvalue weighted by atomic mass is 10.2. The molecular formula is C15H18N2O3S. The number of ether oxygens (including phenoxy) is 1. The molecular weight excluding hydrogens is 288 g/mol. The van der Waals surface area contributed by atoms with Crippen LogP contribution >= 0.6 is 11.3 Å². The molecule has 2 rings (SSSR count). The number of hydrogen-bond acceptors (Lipinski definition) is 4. The summed E-state index contributed by atoms with van der Waals surface area (Å²) in [5.41, 5.74) is 2.41. The van der Waals surface area contributed by atoms with Crippen molar-refractivity contribution in [2.45, 2.75) is 13.0 Å². The molecule has 1 unspecified atom stereocenters. The summed E-state index contributed by atoms with van der Waals surface area (Å²) in [5.74, 6) is 0.592. The first-order chi connectivity index (χ1) is 10.1. The summed E-state index contributed by atoms with van der Waals surface area (Å²) >= 11 is 1.51. The third-order valence-corrected chi connectivity index (χ3v) is 3.69. The minimum absolute atomic E-state index is 0.150. The monoisotopic (exact) mass is 306 g/mol. The van der Waals surface area contributed by atoms with E-state index >= 15 is 0 Å². The molecule has 3 N–H and O–H groups in total. The molecule has 1 atom stereocenters. The molecule has 0 radical (unpaired) electrons. The first-order valence-corrected chi connectivity index (χ1v) is 7.44. The van der Waals surface area contributed by atoms with E-state index in [0.717, 1.165) is 11.1 Å². The van der Waals surface area contributed by atoms with Gasteiger partial charge in [-0.15, -0.1) is 0 Å². The number of aryl methyl sites for hydroxylation is 1. The number of thiophene rings is 1. The van der Waals surface area contributed by atoms with Gasteiger partial charge in [0.1, 0.15) is 5.75 Å². The summed E-state index contributed by atoms with van der Waals surface area (Å²) in [4.78, 5) is 11.9. The van der Waals surface area contributed by atoms with Crippen LogP contribution in [0.5, 0.6) is 5.75 Å². The van der Waals surface area contributed by atoms with E-state index in [1.807, 2.05) is 35.9 Å². The molecule has 6 heteroatoms. The van der Waals surface area contributed by atoms with E-state index in [0.29, 0.717) is 11.4 Å². The fourth-order valence-electron chi connectivity index (χ4n) is 1.86. The molecule has 0 bridgehead atoms. The lowest BCUT2D eigenvalue weighted by Gasteiger charge is -2.13. The zero-order valence-corrected chi connectivity index (χ0v) is 12.7. The van der Waals surface area contributed by atoms with Gasteiger partial charge in [0.05, 0.1) is 18.9 Å². The van der Waals surface area contributed by atoms with Gasteiger partial charge in [-0.2, -0.15) is 11.3 Å². The first kappa shape index (κ1) is 15.3. The summed E-state index contributed by atoms with van der Waals surface area (Å²) < 4.78 is 5.20. The van der Waals surface area contributed by atoms with Crippen LogP contribution in [0.2, 0.25) is 0 Å². The van der Waals surface area contributed by atoms with Gasteiger partial charge in [0.15, 0.2) is 0 Å². The minimum atomic E-state index is -0.707. The van der Waals surface area contributed by atoms with Crippen molar-refractivity contribution >= 4 is 23.1 Å². The van der Waals surface area contributed by atoms with E-state index in [-0.39, 0.29) is 12.6 Å². The predicted octanol–water partition coefficient (Wildman–Crippen LogP) is 2.92. The number of benzene rings is 1. The van der Waals surface area contributed by atoms with Crippen molar-refractivity contribution in [2.75, 3.05) is 19.0 Å². The largest absolute Gasteiger partial charge is 0.495 e. The molecule has 5 nitrogen and oxygen atoms in total. The van der Waals surface area contributed by atoms with E-state index < -0.39 is 6.10 Å². The van der Waals surface area contributed by atoms with Gasteiger partial charge in [-0.1, -0.05) is 6.07 Å². The number of aliphatic hydroxyl groups excluding tert-OH is 1. The zero-order chi connectivity index (χ0) is 15.2. The molecule has 112 valence electrons. The predicted molar refractivity (Wildman–Crippen MR) is 84.0 cm³/mol. The van der Waals surface area contributed by atoms with Crippen molar-refractivity contribution in [3.63, 3.8) is 0 Å². The molecule has 0 aliphatic rings. The number of hydrogen-bond donors (Lipinski definition) is 3. The number of aliphatic hydroxyl groups is 1. The quantitative estimate of drug-likeness (QED) is 0.795. The van der Waals surface area contributed by atoms with E-state index in [4.69, 9.17) is 4.74 Å². The number of rotatable bonds is 5. The zero-order valence-electron chi connectivity index (χ0n) is 11.9. The maximum Gasteiger partial charge on any atom is 0.319 e. The third kappa shape index (κ3) is 4.21. The number of nitrogens with one attached hydrogen (secondary N) is 2. The van der Waals surface area contributed by atoms with Gasteiger partial charge in [-0.25, -0.2) is 4.79 Å². The molecule has 0 spiro atoms. The Labute approximate surface area is 127 Å². The Morgan fingerprint density at radius 1 is 1.43 bits per heavy atom. The molecule has 1 aromatic carbocycles. The van der Waals surface area contributed by atoms with Crippen molar-refractivity contribution in [1.29, 1.82) is 0 Å². The smallest absolute Gasteiger partial charge is 0.319 e. The van der Waals surface area contributed by atoms with E-state index in [2.05, 4.69) is 10.6 Å². The molecule has 0 saturated carbocycles. The topological polar surface area (TPSA) is 70.6 Å². The number of carbonyl (C=O) groups is 1. The van der Waals surface area contributed by atoms with Gasteiger partial charge in [0.25, 0.3) is 0 Å². The summed E-state index contributed by atoms with van der Waals surface area (Å²) in [6, 6.07) is 6.98. The van der Waals surface area contributed by atoms with Crippen molar-refractivity contribution in [3.05, 3.63) is 46.2 Å². The van der Waals surface area contributed by atoms with Crippen molar-refractivity contribution in [1.82, 2.24) is 5.32 Å². The maximum absolute atomic E-state index is 11.9. The highest BCUT2D eigenvalue weighted by Crippen LogP contribution is 2.25. The highest BCUT2D eigenvalue weighted by Gasteiger charge is 2.11. The number of carbonyl (C=O) groups excluding carboxylic acids is 1. The standard InChI is InChI=1S/C15H18N2O3S/c1-10-3-4-14(20-2)12(7-10)17-15(19)16-8-13(18)11-5-6-21-9-11/h3-7,9,13,18H,8H2,1-2H3,(H2,16,17,19). The average Bonchev–Trinajstić information content (AvgIpc) is 2.99. The van der Waals surface area contributed by atoms with Gasteiger partial charge < -0.3 is 20.5 Å². The highest BCUT2D eigenvalue weighted by molar-refractivity contribution is 7.07. The lowest BCUT2D eigenvalue weighted by molar-refractivity contribution is 0.175. The Morgan fingerprint density at radius 3 is 2.90 bits per heavy atom. The summed E-state index contributed by atoms with van der Waals surface area (Å²) in [6.45, 7) is 2.08. The Hall–Kier alpha value is -2.05. The minimum Gasteiger partial charge on any atom is -0.495 e. The number of amides is 2. The molecule has 0 aliphatic carbocycles. The Balaban J connectivity index is 1.91. The Bertz CT molecular complexity index is 599. The first-order valence-electron chi connectivity index (χ1n) is 6.50. The second kappa shape index (κ2) is 7.10. The average molecular weight is 306 g/mol. The fourth-order valence-corrected chi connectivity index (χ4v) is 2.56. The van der Waals surface area contributed by atoms with Crippen LogP contribution in [0, 0.1) is 6.92 Å². The van der Waals surface area contributed by atoms with Crippen LogP contribution in [0.25, 0.3) is 0 Å². The summed E-state index contributed by atoms with van der Waals surface area (Å²) in [6.07, 6.45) is -0.707. The molecule has 21 heavy (non-hydrogen) atoms. The molecule has 1 aromatic heterocycles. The van der Waals surface area contributed by atoms with Gasteiger partial charge in [-0.3, -0.25) is 0 Å². The molecule has 1 heterocycles. The molecule has 2 aromatic rings. The van der Waals surface area contributed by atoms with Gasteiger partial charge >= 0.3 is 6.03 Å². The van der Waals surface area contributed by atoms with E-state index in [1.165, 1.54) is 11.3 Å². The van der Waals surface area contributed by atoms with Gasteiger partial charge in [0.2, 0.25) is 0 Å². The van der Waals surface area contributed by atoms with Crippen LogP contribution in [0.3, 0.4) is 0 Å². The SMILES string of the molecule is COc1ccc(C)cc1NC(=O)NCC(O)c1ccsc1. The summed E-state index contributed by atoms with van der Waals surface area (Å²) in [5, 5.41) is 19.0. The van der Waals surface area contributed by atoms with Crippen LogP contribution < -0.4 is 15.4 Å². The molecule has 0 saturated heterocycles. The van der Waals surface area contributed by atoms with Gasteiger partial charge in [0, 0.05) is 6.54 Å². The van der Waals surface area contributed by atoms with E-state index in [9.17, 15) is 9.90 Å². The molecule has 2 amide bonds. The third-order valence-electron chi connectivity index (χ3n) is 2.99. The Morgan fingerprint density at radius 2 is 2.24 bits per heavy atom. The van der Waals surface area contributed by atoms with Crippen LogP contribution in [0.1, 0.15) is 17.2 Å². The van der Waals surface area contributed by atoms with Crippen molar-refractivity contribution in [3.8, 4) is 5.75 Å². The Kier molecular flexibility index (Phi) is 5.19. The normalized spacial score (nSPS) is 11.8. The van der Waals surface area contributed by atoms with Crippen molar-refractivity contribution < 1.29 is 14.6 Å². The number of anilines is 1. The van der Waals surface area contributed by atoms with Gasteiger partial charge in [-0.05, 0) is 47.0 Å². The lowest BCUT2D eigenvalue weighted by Crippen LogP contribution is -2.32. The van der Waals surface area contributed by atoms with E-state index in [1.54, 1.807) is 13.2 Å².